The van der Waals surface area contributed by atoms with Crippen LogP contribution in [0.4, 0.5) is 11.4 Å². The molecule has 0 aliphatic carbocycles. The number of aryl methyl sites for hydroxylation is 2. The number of methoxy groups -OCH3 is 1. The number of hydrogen-bond donors (Lipinski definition) is 1. The van der Waals surface area contributed by atoms with Crippen LogP contribution < -0.4 is 15.0 Å². The maximum atomic E-state index is 12.6. The topological polar surface area (TPSA) is 50.8 Å². The Kier molecular flexibility index (Phi) is 5.24. The summed E-state index contributed by atoms with van der Waals surface area (Å²) in [4.78, 5) is 14.9. The second-order valence-corrected chi connectivity index (χ2v) is 6.24. The van der Waals surface area contributed by atoms with Gasteiger partial charge in [0, 0.05) is 24.3 Å². The molecule has 0 saturated carbocycles. The quantitative estimate of drug-likeness (QED) is 0.927. The molecule has 1 saturated heterocycles. The normalized spacial score (nSPS) is 14.3. The van der Waals surface area contributed by atoms with E-state index in [4.69, 9.17) is 9.47 Å². The lowest BCUT2D eigenvalue weighted by molar-refractivity contribution is 0.102. The van der Waals surface area contributed by atoms with Gasteiger partial charge in [-0.05, 0) is 55.3 Å². The molecule has 1 N–H and O–H groups in total. The lowest BCUT2D eigenvalue weighted by atomic mass is 10.1. The van der Waals surface area contributed by atoms with Gasteiger partial charge in [-0.2, -0.15) is 0 Å². The summed E-state index contributed by atoms with van der Waals surface area (Å²) in [7, 11) is 1.61. The first-order valence-electron chi connectivity index (χ1n) is 8.48. The van der Waals surface area contributed by atoms with Crippen molar-refractivity contribution in [3.63, 3.8) is 0 Å². The number of nitrogens with zero attached hydrogens (tertiary/aromatic N) is 1. The van der Waals surface area contributed by atoms with Gasteiger partial charge in [-0.15, -0.1) is 0 Å². The van der Waals surface area contributed by atoms with Gasteiger partial charge in [0.05, 0.1) is 26.0 Å². The van der Waals surface area contributed by atoms with Crippen LogP contribution in [-0.2, 0) is 4.74 Å². The SMILES string of the molecule is COc1ccc(N2CCOCC2)cc1NC(=O)c1ccc(C)c(C)c1. The van der Waals surface area contributed by atoms with Gasteiger partial charge in [0.1, 0.15) is 5.75 Å². The van der Waals surface area contributed by atoms with Crippen molar-refractivity contribution >= 4 is 17.3 Å². The third-order valence-electron chi connectivity index (χ3n) is 4.58. The van der Waals surface area contributed by atoms with E-state index in [0.717, 1.165) is 37.6 Å². The standard InChI is InChI=1S/C20H24N2O3/c1-14-4-5-16(12-15(14)2)20(23)21-18-13-17(6-7-19(18)24-3)22-8-10-25-11-9-22/h4-7,12-13H,8-11H2,1-3H3,(H,21,23). The highest BCUT2D eigenvalue weighted by molar-refractivity contribution is 6.05. The molecule has 0 radical (unpaired) electrons. The molecular weight excluding hydrogens is 316 g/mol. The summed E-state index contributed by atoms with van der Waals surface area (Å²) in [5.74, 6) is 0.509. The summed E-state index contributed by atoms with van der Waals surface area (Å²) in [6.45, 7) is 7.16. The van der Waals surface area contributed by atoms with E-state index < -0.39 is 0 Å². The molecule has 5 nitrogen and oxygen atoms in total. The van der Waals surface area contributed by atoms with Crippen LogP contribution in [0.25, 0.3) is 0 Å². The van der Waals surface area contributed by atoms with Crippen LogP contribution in [0.1, 0.15) is 21.5 Å². The van der Waals surface area contributed by atoms with Crippen LogP contribution in [0.3, 0.4) is 0 Å². The van der Waals surface area contributed by atoms with Gasteiger partial charge in [-0.25, -0.2) is 0 Å². The van der Waals surface area contributed by atoms with Crippen molar-refractivity contribution in [1.82, 2.24) is 0 Å². The predicted octanol–water partition coefficient (Wildman–Crippen LogP) is 3.40. The van der Waals surface area contributed by atoms with E-state index in [1.165, 1.54) is 5.56 Å². The molecule has 2 aromatic rings. The highest BCUT2D eigenvalue weighted by atomic mass is 16.5. The summed E-state index contributed by atoms with van der Waals surface area (Å²) in [6.07, 6.45) is 0. The second-order valence-electron chi connectivity index (χ2n) is 6.24. The number of carbonyl (C=O) groups is 1. The van der Waals surface area contributed by atoms with Crippen molar-refractivity contribution in [1.29, 1.82) is 0 Å². The van der Waals surface area contributed by atoms with Gasteiger partial charge < -0.3 is 19.7 Å². The summed E-state index contributed by atoms with van der Waals surface area (Å²) >= 11 is 0. The molecule has 1 aliphatic heterocycles. The molecule has 2 aromatic carbocycles. The highest BCUT2D eigenvalue weighted by Crippen LogP contribution is 2.30. The number of amides is 1. The minimum atomic E-state index is -0.138. The molecule has 3 rings (SSSR count). The van der Waals surface area contributed by atoms with Crippen molar-refractivity contribution in [2.24, 2.45) is 0 Å². The van der Waals surface area contributed by atoms with E-state index in [1.807, 2.05) is 50.2 Å². The van der Waals surface area contributed by atoms with Gasteiger partial charge >= 0.3 is 0 Å². The zero-order valence-corrected chi connectivity index (χ0v) is 15.0. The zero-order valence-electron chi connectivity index (χ0n) is 15.0. The van der Waals surface area contributed by atoms with Gasteiger partial charge in [0.25, 0.3) is 5.91 Å². The van der Waals surface area contributed by atoms with Crippen LogP contribution in [-0.4, -0.2) is 39.3 Å². The first-order chi connectivity index (χ1) is 12.1. The van der Waals surface area contributed by atoms with Gasteiger partial charge in [0.15, 0.2) is 0 Å². The summed E-state index contributed by atoms with van der Waals surface area (Å²) in [5.41, 5.74) is 4.64. The Bertz CT molecular complexity index is 768. The molecular formula is C20H24N2O3. The molecule has 0 spiro atoms. The average Bonchev–Trinajstić information content (AvgIpc) is 2.64. The number of anilines is 2. The van der Waals surface area contributed by atoms with Crippen LogP contribution in [0.2, 0.25) is 0 Å². The Morgan fingerprint density at radius 3 is 2.52 bits per heavy atom. The largest absolute Gasteiger partial charge is 0.495 e. The minimum Gasteiger partial charge on any atom is -0.495 e. The Hall–Kier alpha value is -2.53. The molecule has 5 heteroatoms. The molecule has 1 amide bonds. The number of nitrogens with one attached hydrogen (secondary N) is 1. The fourth-order valence-electron chi connectivity index (χ4n) is 2.89. The van der Waals surface area contributed by atoms with Crippen molar-refractivity contribution < 1.29 is 14.3 Å². The molecule has 0 bridgehead atoms. The zero-order chi connectivity index (χ0) is 17.8. The summed E-state index contributed by atoms with van der Waals surface area (Å²) in [5, 5.41) is 2.98. The smallest absolute Gasteiger partial charge is 0.255 e. The van der Waals surface area contributed by atoms with Crippen molar-refractivity contribution in [2.45, 2.75) is 13.8 Å². The van der Waals surface area contributed by atoms with Crippen molar-refractivity contribution in [3.05, 3.63) is 53.1 Å². The van der Waals surface area contributed by atoms with Crippen LogP contribution in [0.5, 0.6) is 5.75 Å². The molecule has 1 fully saturated rings. The molecule has 0 atom stereocenters. The second kappa shape index (κ2) is 7.57. The van der Waals surface area contributed by atoms with Gasteiger partial charge in [-0.3, -0.25) is 4.79 Å². The minimum absolute atomic E-state index is 0.138. The van der Waals surface area contributed by atoms with Crippen LogP contribution in [0.15, 0.2) is 36.4 Å². The lowest BCUT2D eigenvalue weighted by Crippen LogP contribution is -2.36. The molecule has 132 valence electrons. The maximum Gasteiger partial charge on any atom is 0.255 e. The molecule has 0 aromatic heterocycles. The van der Waals surface area contributed by atoms with Gasteiger partial charge in [0.2, 0.25) is 0 Å². The van der Waals surface area contributed by atoms with E-state index >= 15 is 0 Å². The Morgan fingerprint density at radius 1 is 1.08 bits per heavy atom. The van der Waals surface area contributed by atoms with E-state index in [9.17, 15) is 4.79 Å². The summed E-state index contributed by atoms with van der Waals surface area (Å²) in [6, 6.07) is 11.6. The Labute approximate surface area is 148 Å². The molecule has 25 heavy (non-hydrogen) atoms. The first kappa shape index (κ1) is 17.3. The Balaban J connectivity index is 1.84. The number of rotatable bonds is 4. The fourth-order valence-corrected chi connectivity index (χ4v) is 2.89. The van der Waals surface area contributed by atoms with Crippen LogP contribution in [0, 0.1) is 13.8 Å². The van der Waals surface area contributed by atoms with Crippen molar-refractivity contribution in [3.8, 4) is 5.75 Å². The third-order valence-corrected chi connectivity index (χ3v) is 4.58. The van der Waals surface area contributed by atoms with E-state index in [1.54, 1.807) is 7.11 Å². The highest BCUT2D eigenvalue weighted by Gasteiger charge is 2.15. The third kappa shape index (κ3) is 3.94. The number of carbonyl (C=O) groups excluding carboxylic acids is 1. The monoisotopic (exact) mass is 340 g/mol. The van der Waals surface area contributed by atoms with Crippen LogP contribution >= 0.6 is 0 Å². The maximum absolute atomic E-state index is 12.6. The first-order valence-corrected chi connectivity index (χ1v) is 8.48. The fraction of sp³-hybridized carbons (Fsp3) is 0.350. The predicted molar refractivity (Wildman–Crippen MR) is 99.9 cm³/mol. The number of benzene rings is 2. The Morgan fingerprint density at radius 2 is 1.84 bits per heavy atom. The van der Waals surface area contributed by atoms with E-state index in [0.29, 0.717) is 17.0 Å². The summed E-state index contributed by atoms with van der Waals surface area (Å²) < 4.78 is 10.8. The number of ether oxygens (including phenoxy) is 2. The van der Waals surface area contributed by atoms with E-state index in [-0.39, 0.29) is 5.91 Å². The van der Waals surface area contributed by atoms with Gasteiger partial charge in [-0.1, -0.05) is 6.07 Å². The van der Waals surface area contributed by atoms with E-state index in [2.05, 4.69) is 10.2 Å². The van der Waals surface area contributed by atoms with Crippen molar-refractivity contribution in [2.75, 3.05) is 43.6 Å². The molecule has 0 unspecified atom stereocenters. The molecule has 1 heterocycles. The number of hydrogen-bond acceptors (Lipinski definition) is 4. The number of morpholine rings is 1. The molecule has 1 aliphatic rings. The average molecular weight is 340 g/mol. The lowest BCUT2D eigenvalue weighted by Gasteiger charge is -2.29.